The first-order valence-corrected chi connectivity index (χ1v) is 22.0. The van der Waals surface area contributed by atoms with Gasteiger partial charge in [0.15, 0.2) is 0 Å². The van der Waals surface area contributed by atoms with Gasteiger partial charge < -0.3 is 0 Å². The van der Waals surface area contributed by atoms with Gasteiger partial charge in [-0.2, -0.15) is 11.8 Å². The monoisotopic (exact) mass is 592 g/mol. The first-order chi connectivity index (χ1) is 19.1. The van der Waals surface area contributed by atoms with E-state index in [2.05, 4.69) is 105 Å². The SMILES string of the molecule is CC1CC2C(c3cc(C(C)(C)C)cc(C(C)(C)C)c3)CCCC2C1[Si](C)(C)C1C(C)C(C)C2C3CCCCC3SC21. The Morgan fingerprint density at radius 1 is 0.683 bits per heavy atom. The van der Waals surface area contributed by atoms with Crippen LogP contribution in [0.1, 0.15) is 136 Å². The average Bonchev–Trinajstić information content (AvgIpc) is 3.51. The number of rotatable bonds is 3. The van der Waals surface area contributed by atoms with Crippen LogP contribution in [0.5, 0.6) is 0 Å². The van der Waals surface area contributed by atoms with Crippen LogP contribution in [0.4, 0.5) is 0 Å². The van der Waals surface area contributed by atoms with Gasteiger partial charge in [-0.15, -0.1) is 0 Å². The van der Waals surface area contributed by atoms with Gasteiger partial charge in [0.1, 0.15) is 0 Å². The lowest BCUT2D eigenvalue weighted by Gasteiger charge is -2.47. The Kier molecular flexibility index (Phi) is 8.04. The van der Waals surface area contributed by atoms with Crippen molar-refractivity contribution in [2.45, 2.75) is 165 Å². The van der Waals surface area contributed by atoms with Gasteiger partial charge in [0.25, 0.3) is 0 Å². The lowest BCUT2D eigenvalue weighted by atomic mass is 9.69. The van der Waals surface area contributed by atoms with Gasteiger partial charge in [-0.1, -0.05) is 119 Å². The van der Waals surface area contributed by atoms with Crippen molar-refractivity contribution in [3.63, 3.8) is 0 Å². The van der Waals surface area contributed by atoms with E-state index in [-0.39, 0.29) is 10.8 Å². The molecule has 1 aromatic carbocycles. The van der Waals surface area contributed by atoms with Crippen LogP contribution < -0.4 is 0 Å². The van der Waals surface area contributed by atoms with Crippen molar-refractivity contribution >= 4 is 19.8 Å². The first-order valence-electron chi connectivity index (χ1n) is 17.9. The molecule has 12 unspecified atom stereocenters. The minimum atomic E-state index is -1.50. The van der Waals surface area contributed by atoms with E-state index < -0.39 is 8.07 Å². The molecule has 0 nitrogen and oxygen atoms in total. The van der Waals surface area contributed by atoms with Gasteiger partial charge in [-0.3, -0.25) is 0 Å². The molecule has 1 heterocycles. The molecule has 41 heavy (non-hydrogen) atoms. The average molecular weight is 593 g/mol. The van der Waals surface area contributed by atoms with Crippen LogP contribution in [-0.4, -0.2) is 18.6 Å². The highest BCUT2D eigenvalue weighted by atomic mass is 32.2. The van der Waals surface area contributed by atoms with Crippen molar-refractivity contribution in [2.75, 3.05) is 0 Å². The molecule has 5 fully saturated rings. The van der Waals surface area contributed by atoms with Crippen LogP contribution in [0.25, 0.3) is 0 Å². The van der Waals surface area contributed by atoms with Gasteiger partial charge in [0.2, 0.25) is 0 Å². The maximum Gasteiger partial charge on any atom is 0.0555 e. The fraction of sp³-hybridized carbons (Fsp3) is 0.846. The summed E-state index contributed by atoms with van der Waals surface area (Å²) in [6, 6.07) is 7.85. The Morgan fingerprint density at radius 3 is 1.93 bits per heavy atom. The summed E-state index contributed by atoms with van der Waals surface area (Å²) in [6.07, 6.45) is 11.9. The van der Waals surface area contributed by atoms with E-state index in [9.17, 15) is 0 Å². The van der Waals surface area contributed by atoms with Gasteiger partial charge >= 0.3 is 0 Å². The summed E-state index contributed by atoms with van der Waals surface area (Å²) in [5.74, 6) is 7.51. The Morgan fingerprint density at radius 2 is 1.29 bits per heavy atom. The lowest BCUT2D eigenvalue weighted by Crippen LogP contribution is -2.47. The van der Waals surface area contributed by atoms with Crippen molar-refractivity contribution in [3.8, 4) is 0 Å². The summed E-state index contributed by atoms with van der Waals surface area (Å²) in [6.45, 7) is 28.4. The fourth-order valence-corrected chi connectivity index (χ4v) is 22.0. The van der Waals surface area contributed by atoms with Crippen molar-refractivity contribution in [1.82, 2.24) is 0 Å². The summed E-state index contributed by atoms with van der Waals surface area (Å²) < 4.78 is 0. The van der Waals surface area contributed by atoms with Crippen LogP contribution in [0.3, 0.4) is 0 Å². The van der Waals surface area contributed by atoms with Gasteiger partial charge in [-0.25, -0.2) is 0 Å². The van der Waals surface area contributed by atoms with E-state index in [1.54, 1.807) is 23.1 Å². The molecule has 5 aliphatic rings. The van der Waals surface area contributed by atoms with Crippen molar-refractivity contribution in [3.05, 3.63) is 34.9 Å². The smallest absolute Gasteiger partial charge is 0.0555 e. The largest absolute Gasteiger partial charge is 0.155 e. The molecule has 1 saturated heterocycles. The summed E-state index contributed by atoms with van der Waals surface area (Å²) >= 11 is 2.54. The number of hydrogen-bond acceptors (Lipinski definition) is 1. The Hall–Kier alpha value is -0.213. The Bertz CT molecular complexity index is 1070. The fourth-order valence-electron chi connectivity index (χ4n) is 12.1. The maximum absolute atomic E-state index is 2.91. The number of thioether (sulfide) groups is 1. The normalized spacial score (nSPS) is 43.1. The highest BCUT2D eigenvalue weighted by molar-refractivity contribution is 8.01. The molecule has 0 N–H and O–H groups in total. The lowest BCUT2D eigenvalue weighted by molar-refractivity contribution is 0.221. The molecule has 0 spiro atoms. The minimum absolute atomic E-state index is 0.201. The zero-order chi connectivity index (χ0) is 29.6. The number of benzene rings is 1. The van der Waals surface area contributed by atoms with Gasteiger partial charge in [0, 0.05) is 10.5 Å². The van der Waals surface area contributed by atoms with E-state index in [0.717, 1.165) is 68.9 Å². The van der Waals surface area contributed by atoms with Crippen LogP contribution in [0, 0.1) is 41.4 Å². The predicted octanol–water partition coefficient (Wildman–Crippen LogP) is 11.8. The van der Waals surface area contributed by atoms with Gasteiger partial charge in [-0.05, 0) is 112 Å². The van der Waals surface area contributed by atoms with Crippen LogP contribution in [-0.2, 0) is 10.8 Å². The standard InChI is InChI=1S/C39H64SSi/c1-23-19-32-29(26-20-27(38(4,5)6)22-28(21-26)39(7,8)9)16-14-17-30(32)36(23)41(10,11)37-25(3)24(2)34-31-15-12-13-18-33(31)40-35(34)37/h20-25,29-37H,12-19H2,1-11H3. The Labute approximate surface area is 260 Å². The summed E-state index contributed by atoms with van der Waals surface area (Å²) in [5.41, 5.74) is 7.26. The van der Waals surface area contributed by atoms with E-state index in [1.165, 1.54) is 44.9 Å². The predicted molar refractivity (Wildman–Crippen MR) is 185 cm³/mol. The second-order valence-corrected chi connectivity index (χ2v) is 25.1. The third-order valence-corrected chi connectivity index (χ3v) is 21.4. The van der Waals surface area contributed by atoms with Crippen molar-refractivity contribution in [1.29, 1.82) is 0 Å². The minimum Gasteiger partial charge on any atom is -0.155 e. The number of hydrogen-bond donors (Lipinski definition) is 0. The van der Waals surface area contributed by atoms with Crippen molar-refractivity contribution in [2.24, 2.45) is 41.4 Å². The zero-order valence-corrected chi connectivity index (χ0v) is 30.5. The summed E-state index contributed by atoms with van der Waals surface area (Å²) in [7, 11) is -1.50. The van der Waals surface area contributed by atoms with Crippen LogP contribution >= 0.6 is 11.8 Å². The highest BCUT2D eigenvalue weighted by Gasteiger charge is 2.64. The van der Waals surface area contributed by atoms with Crippen molar-refractivity contribution < 1.29 is 0 Å². The van der Waals surface area contributed by atoms with Gasteiger partial charge in [0.05, 0.1) is 8.07 Å². The molecule has 6 rings (SSSR count). The highest BCUT2D eigenvalue weighted by Crippen LogP contribution is 2.70. The molecule has 0 aromatic heterocycles. The summed E-state index contributed by atoms with van der Waals surface area (Å²) in [5, 5.41) is 1.99. The molecule has 0 amide bonds. The molecule has 2 heteroatoms. The molecule has 1 aromatic rings. The molecule has 230 valence electrons. The second kappa shape index (κ2) is 10.7. The number of fused-ring (bicyclic) bond motifs is 4. The third-order valence-electron chi connectivity index (χ3n) is 14.0. The zero-order valence-electron chi connectivity index (χ0n) is 28.7. The molecule has 0 radical (unpaired) electrons. The Balaban J connectivity index is 1.32. The second-order valence-electron chi connectivity index (χ2n) is 18.7. The summed E-state index contributed by atoms with van der Waals surface area (Å²) in [4.78, 5) is 0. The van der Waals surface area contributed by atoms with Crippen LogP contribution in [0.2, 0.25) is 24.2 Å². The van der Waals surface area contributed by atoms with E-state index in [4.69, 9.17) is 0 Å². The molecule has 4 aliphatic carbocycles. The molecule has 0 bridgehead atoms. The van der Waals surface area contributed by atoms with Crippen LogP contribution in [0.15, 0.2) is 18.2 Å². The molecular formula is C39H64SSi. The third kappa shape index (κ3) is 5.17. The maximum atomic E-state index is 2.91. The molecule has 1 aliphatic heterocycles. The quantitative estimate of drug-likeness (QED) is 0.315. The van der Waals surface area contributed by atoms with E-state index in [0.29, 0.717) is 0 Å². The molecule has 12 atom stereocenters. The molecule has 4 saturated carbocycles. The van der Waals surface area contributed by atoms with E-state index in [1.807, 2.05) is 0 Å². The first kappa shape index (κ1) is 30.8. The van der Waals surface area contributed by atoms with E-state index >= 15 is 0 Å². The molecular weight excluding hydrogens is 529 g/mol. The topological polar surface area (TPSA) is 0 Å².